The number of piperazine rings is 1. The first-order valence-corrected chi connectivity index (χ1v) is 10.0. The van der Waals surface area contributed by atoms with Crippen molar-refractivity contribution in [3.63, 3.8) is 0 Å². The van der Waals surface area contributed by atoms with Crippen LogP contribution in [0.3, 0.4) is 0 Å². The summed E-state index contributed by atoms with van der Waals surface area (Å²) in [6, 6.07) is 11.0. The minimum absolute atomic E-state index is 0.0168. The monoisotopic (exact) mass is 415 g/mol. The highest BCUT2D eigenvalue weighted by atomic mass is 19.1. The highest BCUT2D eigenvalue weighted by Gasteiger charge is 2.18. The zero-order valence-corrected chi connectivity index (χ0v) is 16.5. The molecule has 1 N–H and O–H groups in total. The molecule has 158 valence electrons. The molecule has 0 atom stereocenters. The Hall–Kier alpha value is -3.20. The molecule has 0 aliphatic carbocycles. The van der Waals surface area contributed by atoms with Gasteiger partial charge in [0.25, 0.3) is 4.92 Å². The molecule has 0 spiro atoms. The fourth-order valence-corrected chi connectivity index (χ4v) is 3.87. The number of fused-ring (bicyclic) bond motifs is 1. The first-order chi connectivity index (χ1) is 14.5. The van der Waals surface area contributed by atoms with Crippen molar-refractivity contribution in [2.24, 2.45) is 0 Å². The van der Waals surface area contributed by atoms with E-state index in [-0.39, 0.29) is 22.0 Å². The average Bonchev–Trinajstić information content (AvgIpc) is 3.06. The number of aromatic nitrogens is 1. The number of aryl methyl sites for hydroxylation is 1. The molecule has 0 bridgehead atoms. The van der Waals surface area contributed by atoms with Crippen LogP contribution in [0.2, 0.25) is 0 Å². The molecule has 8 nitrogen and oxygen atoms in total. The highest BCUT2D eigenvalue weighted by Crippen LogP contribution is 2.20. The van der Waals surface area contributed by atoms with Gasteiger partial charge in [-0.3, -0.25) is 9.47 Å². The smallest absolute Gasteiger partial charge is 0.407 e. The number of oxazole rings is 1. The first-order valence-electron chi connectivity index (χ1n) is 10.0. The fourth-order valence-electron chi connectivity index (χ4n) is 3.87. The Morgan fingerprint density at radius 3 is 2.40 bits per heavy atom. The van der Waals surface area contributed by atoms with Gasteiger partial charge in [0, 0.05) is 44.5 Å². The minimum Gasteiger partial charge on any atom is -0.407 e. The molecule has 0 amide bonds. The van der Waals surface area contributed by atoms with E-state index in [1.54, 1.807) is 10.6 Å². The number of benzene rings is 2. The van der Waals surface area contributed by atoms with Gasteiger partial charge < -0.3 is 9.32 Å². The lowest BCUT2D eigenvalue weighted by Gasteiger charge is -2.36. The maximum atomic E-state index is 13.1. The van der Waals surface area contributed by atoms with Crippen LogP contribution in [0.5, 0.6) is 0 Å². The Morgan fingerprint density at radius 1 is 1.00 bits per heavy atom. The molecule has 2 heterocycles. The van der Waals surface area contributed by atoms with Gasteiger partial charge in [-0.15, -0.1) is 0 Å². The van der Waals surface area contributed by atoms with Crippen LogP contribution in [-0.2, 0) is 6.54 Å². The molecule has 0 saturated carbocycles. The molecule has 4 rings (SSSR count). The van der Waals surface area contributed by atoms with Crippen molar-refractivity contribution in [1.82, 2.24) is 9.47 Å². The van der Waals surface area contributed by atoms with Crippen LogP contribution in [0, 0.1) is 10.7 Å². The van der Waals surface area contributed by atoms with Crippen LogP contribution >= 0.6 is 0 Å². The molecule has 9 heteroatoms. The van der Waals surface area contributed by atoms with Gasteiger partial charge >= 0.3 is 11.4 Å². The first kappa shape index (κ1) is 20.1. The minimum atomic E-state index is -0.467. The van der Waals surface area contributed by atoms with Crippen molar-refractivity contribution >= 4 is 22.5 Å². The molecule has 1 aliphatic heterocycles. The van der Waals surface area contributed by atoms with E-state index in [9.17, 15) is 14.1 Å². The Kier molecular flexibility index (Phi) is 5.80. The highest BCUT2D eigenvalue weighted by molar-refractivity contribution is 5.75. The maximum absolute atomic E-state index is 13.1. The Morgan fingerprint density at radius 2 is 1.70 bits per heavy atom. The second-order valence-electron chi connectivity index (χ2n) is 7.46. The summed E-state index contributed by atoms with van der Waals surface area (Å²) in [6.45, 7) is 5.18. The van der Waals surface area contributed by atoms with Crippen molar-refractivity contribution in [2.45, 2.75) is 19.4 Å². The third-order valence-corrected chi connectivity index (χ3v) is 5.54. The number of hydrogen-bond acceptors (Lipinski definition) is 5. The molecule has 3 aromatic rings. The van der Waals surface area contributed by atoms with E-state index in [1.807, 2.05) is 12.1 Å². The number of rotatable bonds is 7. The molecule has 0 unspecified atom stereocenters. The predicted molar refractivity (Wildman–Crippen MR) is 110 cm³/mol. The van der Waals surface area contributed by atoms with E-state index in [0.29, 0.717) is 12.1 Å². The van der Waals surface area contributed by atoms with Gasteiger partial charge in [-0.25, -0.2) is 14.4 Å². The van der Waals surface area contributed by atoms with E-state index in [4.69, 9.17) is 9.62 Å². The SMILES string of the molecule is O=c1oc2cc([N+](=O)O)ccc2n1CCCCN1CCN(c2ccc(F)cc2)CC1. The summed E-state index contributed by atoms with van der Waals surface area (Å²) in [7, 11) is 0. The van der Waals surface area contributed by atoms with Gasteiger partial charge in [0.15, 0.2) is 5.58 Å². The van der Waals surface area contributed by atoms with Crippen molar-refractivity contribution in [1.29, 1.82) is 0 Å². The molecule has 1 saturated heterocycles. The van der Waals surface area contributed by atoms with Crippen LogP contribution in [-0.4, -0.2) is 52.3 Å². The van der Waals surface area contributed by atoms with Crippen LogP contribution in [0.1, 0.15) is 12.8 Å². The lowest BCUT2D eigenvalue weighted by atomic mass is 10.2. The second kappa shape index (κ2) is 8.66. The van der Waals surface area contributed by atoms with Crippen LogP contribution in [0.25, 0.3) is 11.1 Å². The van der Waals surface area contributed by atoms with Crippen molar-refractivity contribution in [2.75, 3.05) is 37.6 Å². The lowest BCUT2D eigenvalue weighted by Crippen LogP contribution is -2.46. The fraction of sp³-hybridized carbons (Fsp3) is 0.381. The molecule has 0 radical (unpaired) electrons. The van der Waals surface area contributed by atoms with E-state index >= 15 is 0 Å². The van der Waals surface area contributed by atoms with Crippen LogP contribution < -0.4 is 10.7 Å². The van der Waals surface area contributed by atoms with Crippen molar-refractivity contribution < 1.29 is 18.9 Å². The molecular weight excluding hydrogens is 391 g/mol. The number of nitrogens with zero attached hydrogens (tertiary/aromatic N) is 4. The normalized spacial score (nSPS) is 15.0. The predicted octanol–water partition coefficient (Wildman–Crippen LogP) is 3.14. The number of unbranched alkanes of at least 4 members (excludes halogenated alkanes) is 1. The largest absolute Gasteiger partial charge is 0.419 e. The van der Waals surface area contributed by atoms with Crippen molar-refractivity contribution in [3.8, 4) is 0 Å². The summed E-state index contributed by atoms with van der Waals surface area (Å²) in [5, 5.41) is 8.98. The molecular formula is C21H24FN4O4+. The third kappa shape index (κ3) is 4.35. The van der Waals surface area contributed by atoms with Crippen molar-refractivity contribution in [3.05, 3.63) is 63.7 Å². The third-order valence-electron chi connectivity index (χ3n) is 5.54. The number of anilines is 1. The lowest BCUT2D eigenvalue weighted by molar-refractivity contribution is -0.729. The van der Waals surface area contributed by atoms with Gasteiger partial charge in [-0.05, 0) is 49.7 Å². The van der Waals surface area contributed by atoms with Gasteiger partial charge in [0.1, 0.15) is 5.82 Å². The average molecular weight is 415 g/mol. The Bertz CT molecular complexity index is 1080. The topological polar surface area (TPSA) is 81.9 Å². The number of halogens is 1. The molecule has 1 aliphatic rings. The Labute approximate surface area is 172 Å². The Balaban J connectivity index is 1.26. The number of hydrogen-bond donors (Lipinski definition) is 1. The zero-order chi connectivity index (χ0) is 21.1. The van der Waals surface area contributed by atoms with Crippen LogP contribution in [0.15, 0.2) is 51.7 Å². The maximum Gasteiger partial charge on any atom is 0.419 e. The summed E-state index contributed by atoms with van der Waals surface area (Å²) in [6.07, 6.45) is 1.76. The van der Waals surface area contributed by atoms with Gasteiger partial charge in [0.05, 0.1) is 16.5 Å². The summed E-state index contributed by atoms with van der Waals surface area (Å²) >= 11 is 0. The van der Waals surface area contributed by atoms with E-state index in [1.165, 1.54) is 24.3 Å². The summed E-state index contributed by atoms with van der Waals surface area (Å²) in [5.74, 6) is -0.687. The summed E-state index contributed by atoms with van der Waals surface area (Å²) in [5.41, 5.74) is 1.96. The summed E-state index contributed by atoms with van der Waals surface area (Å²) in [4.78, 5) is 27.5. The zero-order valence-electron chi connectivity index (χ0n) is 16.5. The molecule has 2 aromatic carbocycles. The van der Waals surface area contributed by atoms with Crippen LogP contribution in [0.4, 0.5) is 15.8 Å². The molecule has 1 aromatic heterocycles. The molecule has 30 heavy (non-hydrogen) atoms. The van der Waals surface area contributed by atoms with E-state index in [2.05, 4.69) is 9.80 Å². The summed E-state index contributed by atoms with van der Waals surface area (Å²) < 4.78 is 19.8. The second-order valence-corrected chi connectivity index (χ2v) is 7.46. The molecule has 1 fully saturated rings. The van der Waals surface area contributed by atoms with Gasteiger partial charge in [0.2, 0.25) is 0 Å². The quantitative estimate of drug-likeness (QED) is 0.472. The van der Waals surface area contributed by atoms with Gasteiger partial charge in [-0.2, -0.15) is 0 Å². The standard InChI is InChI=1S/C21H24FN4O4/c22-16-3-5-17(6-4-16)24-13-11-23(12-14-24)9-1-2-10-25-19-8-7-18(26(28)29)15-20(19)30-21(25)27/h3-8,15H,1-2,9-14H2,(H,28,29)/q+1. The van der Waals surface area contributed by atoms with E-state index < -0.39 is 5.76 Å². The van der Waals surface area contributed by atoms with Gasteiger partial charge in [-0.1, -0.05) is 0 Å². The van der Waals surface area contributed by atoms with E-state index in [0.717, 1.165) is 51.3 Å².